The number of ether oxygens (including phenoxy) is 1. The van der Waals surface area contributed by atoms with Gasteiger partial charge in [-0.05, 0) is 24.1 Å². The van der Waals surface area contributed by atoms with Crippen LogP contribution in [0.1, 0.15) is 28.4 Å². The number of hydrogen-bond donors (Lipinski definition) is 1. The summed E-state index contributed by atoms with van der Waals surface area (Å²) >= 11 is 0. The molecule has 0 saturated carbocycles. The van der Waals surface area contributed by atoms with Gasteiger partial charge in [0.25, 0.3) is 5.56 Å². The van der Waals surface area contributed by atoms with E-state index >= 15 is 0 Å². The number of benzene rings is 1. The van der Waals surface area contributed by atoms with Gasteiger partial charge in [0.05, 0.1) is 19.2 Å². The molecule has 2 aromatic rings. The van der Waals surface area contributed by atoms with Crippen LogP contribution in [0.25, 0.3) is 0 Å². The van der Waals surface area contributed by atoms with Crippen molar-refractivity contribution in [2.75, 3.05) is 7.11 Å². The molecule has 2 rings (SSSR count). The van der Waals surface area contributed by atoms with Gasteiger partial charge in [0.15, 0.2) is 0 Å². The number of nitrogens with zero attached hydrogens (tertiary/aromatic N) is 1. The van der Waals surface area contributed by atoms with E-state index in [1.54, 1.807) is 6.92 Å². The molecule has 0 aliphatic carbocycles. The van der Waals surface area contributed by atoms with Crippen molar-refractivity contribution in [1.82, 2.24) is 9.55 Å². The normalized spacial score (nSPS) is 10.5. The summed E-state index contributed by atoms with van der Waals surface area (Å²) in [6, 6.07) is 3.92. The molecule has 0 atom stereocenters. The summed E-state index contributed by atoms with van der Waals surface area (Å²) in [5.74, 6) is -1.49. The molecule has 6 nitrogen and oxygen atoms in total. The van der Waals surface area contributed by atoms with E-state index in [2.05, 4.69) is 9.72 Å². The monoisotopic (exact) mass is 306 g/mol. The Hall–Kier alpha value is -2.70. The molecule has 0 radical (unpaired) electrons. The maximum atomic E-state index is 13.6. The van der Waals surface area contributed by atoms with Crippen LogP contribution in [0.3, 0.4) is 0 Å². The minimum atomic E-state index is -0.789. The van der Waals surface area contributed by atoms with Gasteiger partial charge in [0.1, 0.15) is 5.82 Å². The standard InChI is InChI=1S/C15H15FN2O4/c1-3-10-8-18(15(21)17-13(10)19)7-9-4-5-12(16)11(6-9)14(20)22-2/h4-6,8H,3,7H2,1-2H3,(H,17,19,21). The summed E-state index contributed by atoms with van der Waals surface area (Å²) < 4.78 is 19.4. The van der Waals surface area contributed by atoms with E-state index in [-0.39, 0.29) is 12.1 Å². The number of aromatic nitrogens is 2. The van der Waals surface area contributed by atoms with Crippen molar-refractivity contribution in [3.8, 4) is 0 Å². The first-order valence-electron chi connectivity index (χ1n) is 6.65. The number of carbonyl (C=O) groups excluding carboxylic acids is 1. The van der Waals surface area contributed by atoms with Gasteiger partial charge in [0, 0.05) is 11.8 Å². The second-order valence-corrected chi connectivity index (χ2v) is 4.70. The van der Waals surface area contributed by atoms with Crippen LogP contribution in [0, 0.1) is 5.82 Å². The van der Waals surface area contributed by atoms with Crippen molar-refractivity contribution in [3.63, 3.8) is 0 Å². The third-order valence-corrected chi connectivity index (χ3v) is 3.25. The van der Waals surface area contributed by atoms with Gasteiger partial charge < -0.3 is 4.74 Å². The molecule has 0 spiro atoms. The third-order valence-electron chi connectivity index (χ3n) is 3.25. The summed E-state index contributed by atoms with van der Waals surface area (Å²) in [5, 5.41) is 0. The minimum absolute atomic E-state index is 0.104. The molecule has 0 fully saturated rings. The van der Waals surface area contributed by atoms with Crippen LogP contribution < -0.4 is 11.2 Å². The second-order valence-electron chi connectivity index (χ2n) is 4.70. The molecule has 0 saturated heterocycles. The highest BCUT2D eigenvalue weighted by molar-refractivity contribution is 5.89. The van der Waals surface area contributed by atoms with Crippen LogP contribution >= 0.6 is 0 Å². The molecule has 0 amide bonds. The van der Waals surface area contributed by atoms with Crippen molar-refractivity contribution >= 4 is 5.97 Å². The van der Waals surface area contributed by atoms with Crippen molar-refractivity contribution in [2.45, 2.75) is 19.9 Å². The fourth-order valence-electron chi connectivity index (χ4n) is 2.06. The van der Waals surface area contributed by atoms with Crippen molar-refractivity contribution in [1.29, 1.82) is 0 Å². The van der Waals surface area contributed by atoms with Crippen LogP contribution in [0.2, 0.25) is 0 Å². The summed E-state index contributed by atoms with van der Waals surface area (Å²) in [6.45, 7) is 1.90. The molecule has 1 N–H and O–H groups in total. The Bertz CT molecular complexity index is 823. The van der Waals surface area contributed by atoms with Crippen LogP contribution in [0.4, 0.5) is 4.39 Å². The van der Waals surface area contributed by atoms with Crippen molar-refractivity contribution in [3.05, 3.63) is 67.7 Å². The predicted molar refractivity (Wildman–Crippen MR) is 77.5 cm³/mol. The number of nitrogens with one attached hydrogen (secondary N) is 1. The van der Waals surface area contributed by atoms with Gasteiger partial charge in [0.2, 0.25) is 0 Å². The first kappa shape index (κ1) is 15.7. The molecule has 22 heavy (non-hydrogen) atoms. The van der Waals surface area contributed by atoms with Crippen LogP contribution in [-0.2, 0) is 17.7 Å². The van der Waals surface area contributed by atoms with E-state index in [4.69, 9.17) is 0 Å². The lowest BCUT2D eigenvalue weighted by Gasteiger charge is -2.09. The molecule has 7 heteroatoms. The smallest absolute Gasteiger partial charge is 0.340 e. The highest BCUT2D eigenvalue weighted by Crippen LogP contribution is 2.12. The SMILES string of the molecule is CCc1cn(Cc2ccc(F)c(C(=O)OC)c2)c(=O)[nH]c1=O. The summed E-state index contributed by atoms with van der Waals surface area (Å²) in [7, 11) is 1.16. The van der Waals surface area contributed by atoms with Crippen molar-refractivity contribution < 1.29 is 13.9 Å². The number of halogens is 1. The molecule has 0 unspecified atom stereocenters. The van der Waals surface area contributed by atoms with Gasteiger partial charge >= 0.3 is 11.7 Å². The average molecular weight is 306 g/mol. The topological polar surface area (TPSA) is 81.2 Å². The van der Waals surface area contributed by atoms with Gasteiger partial charge in [-0.15, -0.1) is 0 Å². The lowest BCUT2D eigenvalue weighted by molar-refractivity contribution is 0.0595. The van der Waals surface area contributed by atoms with E-state index in [9.17, 15) is 18.8 Å². The second kappa shape index (κ2) is 6.38. The zero-order valence-corrected chi connectivity index (χ0v) is 12.2. The minimum Gasteiger partial charge on any atom is -0.465 e. The number of esters is 1. The summed E-state index contributed by atoms with van der Waals surface area (Å²) in [4.78, 5) is 37.0. The molecule has 0 bridgehead atoms. The Morgan fingerprint density at radius 1 is 1.36 bits per heavy atom. The largest absolute Gasteiger partial charge is 0.465 e. The molecule has 116 valence electrons. The Labute approximate surface area is 125 Å². The molecular formula is C15H15FN2O4. The third kappa shape index (κ3) is 3.13. The van der Waals surface area contributed by atoms with E-state index in [1.165, 1.54) is 22.9 Å². The Morgan fingerprint density at radius 3 is 2.73 bits per heavy atom. The number of aromatic amines is 1. The van der Waals surface area contributed by atoms with Gasteiger partial charge in [-0.1, -0.05) is 13.0 Å². The number of aryl methyl sites for hydroxylation is 1. The van der Waals surface area contributed by atoms with Gasteiger partial charge in [-0.25, -0.2) is 14.0 Å². The van der Waals surface area contributed by atoms with E-state index in [0.29, 0.717) is 17.5 Å². The first-order chi connectivity index (χ1) is 10.5. The maximum Gasteiger partial charge on any atom is 0.340 e. The average Bonchev–Trinajstić information content (AvgIpc) is 2.51. The number of H-pyrrole nitrogens is 1. The molecule has 1 aromatic carbocycles. The van der Waals surface area contributed by atoms with Gasteiger partial charge in [-0.2, -0.15) is 0 Å². The summed E-state index contributed by atoms with van der Waals surface area (Å²) in [6.07, 6.45) is 1.94. The quantitative estimate of drug-likeness (QED) is 0.857. The van der Waals surface area contributed by atoms with Crippen LogP contribution in [0.5, 0.6) is 0 Å². The van der Waals surface area contributed by atoms with E-state index in [0.717, 1.165) is 13.2 Å². The van der Waals surface area contributed by atoms with Crippen molar-refractivity contribution in [2.24, 2.45) is 0 Å². The molecule has 1 heterocycles. The number of methoxy groups -OCH3 is 1. The molecule has 0 aliphatic heterocycles. The number of hydrogen-bond acceptors (Lipinski definition) is 4. The maximum absolute atomic E-state index is 13.6. The molecular weight excluding hydrogens is 291 g/mol. The van der Waals surface area contributed by atoms with Gasteiger partial charge in [-0.3, -0.25) is 14.3 Å². The van der Waals surface area contributed by atoms with Crippen LogP contribution in [0.15, 0.2) is 34.0 Å². The number of carbonyl (C=O) groups is 1. The Balaban J connectivity index is 2.42. The lowest BCUT2D eigenvalue weighted by atomic mass is 10.1. The number of rotatable bonds is 4. The first-order valence-corrected chi connectivity index (χ1v) is 6.65. The predicted octanol–water partition coefficient (Wildman–Crippen LogP) is 1.07. The Kier molecular flexibility index (Phi) is 4.55. The Morgan fingerprint density at radius 2 is 2.09 bits per heavy atom. The fraction of sp³-hybridized carbons (Fsp3) is 0.267. The zero-order chi connectivity index (χ0) is 16.3. The summed E-state index contributed by atoms with van der Waals surface area (Å²) in [5.41, 5.74) is -0.176. The highest BCUT2D eigenvalue weighted by Gasteiger charge is 2.13. The van der Waals surface area contributed by atoms with E-state index < -0.39 is 23.0 Å². The molecule has 0 aliphatic rings. The van der Waals surface area contributed by atoms with Crippen LogP contribution in [-0.4, -0.2) is 22.6 Å². The lowest BCUT2D eigenvalue weighted by Crippen LogP contribution is -2.31. The molecule has 1 aromatic heterocycles. The highest BCUT2D eigenvalue weighted by atomic mass is 19.1. The fourth-order valence-corrected chi connectivity index (χ4v) is 2.06. The zero-order valence-electron chi connectivity index (χ0n) is 12.2. The van der Waals surface area contributed by atoms with E-state index in [1.807, 2.05) is 0 Å².